The van der Waals surface area contributed by atoms with Gasteiger partial charge in [-0.25, -0.2) is 0 Å². The number of amides is 1. The van der Waals surface area contributed by atoms with Gasteiger partial charge >= 0.3 is 0 Å². The molecule has 0 spiro atoms. The number of aryl methyl sites for hydroxylation is 1. The van der Waals surface area contributed by atoms with E-state index < -0.39 is 6.23 Å². The van der Waals surface area contributed by atoms with Gasteiger partial charge < -0.3 is 10.4 Å². The molecule has 2 heterocycles. The third-order valence-electron chi connectivity index (χ3n) is 6.13. The summed E-state index contributed by atoms with van der Waals surface area (Å²) in [4.78, 5) is 13.9. The maximum absolute atomic E-state index is 11.7. The Hall–Kier alpha value is -2.17. The van der Waals surface area contributed by atoms with E-state index in [1.807, 2.05) is 12.1 Å². The van der Waals surface area contributed by atoms with Gasteiger partial charge in [-0.15, -0.1) is 0 Å². The first-order valence-electron chi connectivity index (χ1n) is 10.6. The monoisotopic (exact) mass is 378 g/mol. The molecule has 2 aliphatic heterocycles. The van der Waals surface area contributed by atoms with Crippen molar-refractivity contribution >= 4 is 11.6 Å². The summed E-state index contributed by atoms with van der Waals surface area (Å²) in [6, 6.07) is 16.9. The van der Waals surface area contributed by atoms with E-state index in [9.17, 15) is 9.90 Å². The van der Waals surface area contributed by atoms with Crippen molar-refractivity contribution in [2.75, 3.05) is 18.4 Å². The first-order chi connectivity index (χ1) is 13.7. The summed E-state index contributed by atoms with van der Waals surface area (Å²) < 4.78 is 0. The summed E-state index contributed by atoms with van der Waals surface area (Å²) >= 11 is 0. The van der Waals surface area contributed by atoms with Crippen LogP contribution in [0.1, 0.15) is 54.7 Å². The lowest BCUT2D eigenvalue weighted by Crippen LogP contribution is -2.40. The van der Waals surface area contributed by atoms with Crippen LogP contribution in [-0.4, -0.2) is 35.2 Å². The number of benzene rings is 2. The first kappa shape index (κ1) is 19.2. The molecule has 1 fully saturated rings. The van der Waals surface area contributed by atoms with Crippen molar-refractivity contribution in [2.24, 2.45) is 0 Å². The number of hydrogen-bond acceptors (Lipinski definition) is 3. The Bertz CT molecular complexity index is 800. The molecular weight excluding hydrogens is 348 g/mol. The molecule has 0 bridgehead atoms. The number of nitrogens with zero attached hydrogens (tertiary/aromatic N) is 1. The molecule has 2 aromatic carbocycles. The van der Waals surface area contributed by atoms with Crippen molar-refractivity contribution in [1.82, 2.24) is 4.90 Å². The van der Waals surface area contributed by atoms with Gasteiger partial charge in [0.15, 0.2) is 0 Å². The van der Waals surface area contributed by atoms with Crippen LogP contribution < -0.4 is 5.32 Å². The molecule has 4 nitrogen and oxygen atoms in total. The molecule has 2 atom stereocenters. The van der Waals surface area contributed by atoms with E-state index in [2.05, 4.69) is 46.6 Å². The van der Waals surface area contributed by atoms with Crippen molar-refractivity contribution in [3.63, 3.8) is 0 Å². The Balaban J connectivity index is 1.56. The minimum Gasteiger partial charge on any atom is -0.378 e. The molecule has 0 aromatic heterocycles. The smallest absolute Gasteiger partial charge is 0.224 e. The molecule has 1 unspecified atom stereocenters. The van der Waals surface area contributed by atoms with Gasteiger partial charge in [0.05, 0.1) is 0 Å². The summed E-state index contributed by atoms with van der Waals surface area (Å²) in [5, 5.41) is 13.9. The van der Waals surface area contributed by atoms with Crippen molar-refractivity contribution in [2.45, 2.75) is 57.1 Å². The third kappa shape index (κ3) is 4.62. The van der Waals surface area contributed by atoms with E-state index in [0.717, 1.165) is 38.0 Å². The lowest BCUT2D eigenvalue weighted by Gasteiger charge is -2.33. The van der Waals surface area contributed by atoms with Gasteiger partial charge in [0.2, 0.25) is 5.91 Å². The molecule has 1 saturated heterocycles. The minimum absolute atomic E-state index is 0.0987. The van der Waals surface area contributed by atoms with E-state index in [-0.39, 0.29) is 11.8 Å². The fourth-order valence-electron chi connectivity index (χ4n) is 4.51. The van der Waals surface area contributed by atoms with Crippen molar-refractivity contribution < 1.29 is 9.90 Å². The van der Waals surface area contributed by atoms with Crippen molar-refractivity contribution in [3.8, 4) is 0 Å². The fourth-order valence-corrected chi connectivity index (χ4v) is 4.51. The van der Waals surface area contributed by atoms with Crippen LogP contribution in [0.5, 0.6) is 0 Å². The fraction of sp³-hybridized carbons (Fsp3) is 0.458. The number of aliphatic hydroxyl groups excluding tert-OH is 1. The zero-order valence-corrected chi connectivity index (χ0v) is 16.4. The SMILES string of the molecule is O=C1CCc2cc([C@@H](Cc3ccccc3)CC(O)N3CCCCC3)ccc2N1. The molecule has 0 aliphatic carbocycles. The Labute approximate surface area is 167 Å². The van der Waals surface area contributed by atoms with Gasteiger partial charge in [0.1, 0.15) is 6.23 Å². The number of carbonyl (C=O) groups is 1. The number of hydrogen-bond donors (Lipinski definition) is 2. The first-order valence-corrected chi connectivity index (χ1v) is 10.6. The molecule has 2 aromatic rings. The van der Waals surface area contributed by atoms with Crippen molar-refractivity contribution in [1.29, 1.82) is 0 Å². The van der Waals surface area contributed by atoms with E-state index >= 15 is 0 Å². The average Bonchev–Trinajstić information content (AvgIpc) is 2.74. The van der Waals surface area contributed by atoms with Crippen LogP contribution in [0.3, 0.4) is 0 Å². The maximum atomic E-state index is 11.7. The van der Waals surface area contributed by atoms with Crippen molar-refractivity contribution in [3.05, 3.63) is 65.2 Å². The summed E-state index contributed by atoms with van der Waals surface area (Å²) in [6.07, 6.45) is 6.23. The molecule has 2 N–H and O–H groups in total. The van der Waals surface area contributed by atoms with Gasteiger partial charge in [-0.2, -0.15) is 0 Å². The highest BCUT2D eigenvalue weighted by Gasteiger charge is 2.24. The number of aliphatic hydroxyl groups is 1. The molecular formula is C24H30N2O2. The summed E-state index contributed by atoms with van der Waals surface area (Å²) in [7, 11) is 0. The number of carbonyl (C=O) groups excluding carboxylic acids is 1. The number of rotatable bonds is 6. The van der Waals surface area contributed by atoms with E-state index in [1.165, 1.54) is 36.0 Å². The lowest BCUT2D eigenvalue weighted by molar-refractivity contribution is -0.116. The number of likely N-dealkylation sites (tertiary alicyclic amines) is 1. The summed E-state index contributed by atoms with van der Waals surface area (Å²) in [6.45, 7) is 1.99. The Morgan fingerprint density at radius 3 is 2.57 bits per heavy atom. The van der Waals surface area contributed by atoms with Crippen LogP contribution in [0, 0.1) is 0 Å². The second-order valence-electron chi connectivity index (χ2n) is 8.16. The molecule has 0 radical (unpaired) electrons. The predicted molar refractivity (Wildman–Crippen MR) is 112 cm³/mol. The number of piperidine rings is 1. The molecule has 1 amide bonds. The van der Waals surface area contributed by atoms with Crippen LogP contribution in [0.2, 0.25) is 0 Å². The normalized spacial score (nSPS) is 19.5. The zero-order valence-electron chi connectivity index (χ0n) is 16.4. The number of fused-ring (bicyclic) bond motifs is 1. The highest BCUT2D eigenvalue weighted by molar-refractivity contribution is 5.93. The average molecular weight is 379 g/mol. The van der Waals surface area contributed by atoms with Crippen LogP contribution in [0.4, 0.5) is 5.69 Å². The summed E-state index contributed by atoms with van der Waals surface area (Å²) in [5.41, 5.74) is 4.71. The lowest BCUT2D eigenvalue weighted by atomic mass is 9.86. The predicted octanol–water partition coefficient (Wildman–Crippen LogP) is 4.09. The van der Waals surface area contributed by atoms with E-state index in [0.29, 0.717) is 6.42 Å². The maximum Gasteiger partial charge on any atom is 0.224 e. The summed E-state index contributed by atoms with van der Waals surface area (Å²) in [5.74, 6) is 0.351. The highest BCUT2D eigenvalue weighted by Crippen LogP contribution is 2.32. The van der Waals surface area contributed by atoms with Gasteiger partial charge in [-0.05, 0) is 60.8 Å². The van der Waals surface area contributed by atoms with Crippen LogP contribution >= 0.6 is 0 Å². The molecule has 4 rings (SSSR count). The molecule has 0 saturated carbocycles. The second kappa shape index (κ2) is 8.89. The number of nitrogens with one attached hydrogen (secondary N) is 1. The third-order valence-corrected chi connectivity index (χ3v) is 6.13. The Kier molecular flexibility index (Phi) is 6.08. The number of anilines is 1. The van der Waals surface area contributed by atoms with Crippen LogP contribution in [-0.2, 0) is 17.6 Å². The zero-order chi connectivity index (χ0) is 19.3. The molecule has 148 valence electrons. The second-order valence-corrected chi connectivity index (χ2v) is 8.16. The quantitative estimate of drug-likeness (QED) is 0.796. The molecule has 28 heavy (non-hydrogen) atoms. The standard InChI is InChI=1S/C24H30N2O2/c27-23-12-10-20-16-19(9-11-22(20)25-23)21(15-18-7-3-1-4-8-18)17-24(28)26-13-5-2-6-14-26/h1,3-4,7-9,11,16,21,24,28H,2,5-6,10,12-15,17H2,(H,25,27)/t21-,24?/m0/s1. The van der Waals surface area contributed by atoms with E-state index in [1.54, 1.807) is 0 Å². The minimum atomic E-state index is -0.398. The van der Waals surface area contributed by atoms with Gasteiger partial charge in [0, 0.05) is 25.2 Å². The van der Waals surface area contributed by atoms with Gasteiger partial charge in [-0.1, -0.05) is 48.9 Å². The topological polar surface area (TPSA) is 52.6 Å². The van der Waals surface area contributed by atoms with Crippen LogP contribution in [0.15, 0.2) is 48.5 Å². The Morgan fingerprint density at radius 1 is 1.00 bits per heavy atom. The Morgan fingerprint density at radius 2 is 1.79 bits per heavy atom. The highest BCUT2D eigenvalue weighted by atomic mass is 16.3. The van der Waals surface area contributed by atoms with Gasteiger partial charge in [0.25, 0.3) is 0 Å². The largest absolute Gasteiger partial charge is 0.378 e. The molecule has 4 heteroatoms. The van der Waals surface area contributed by atoms with Crippen LogP contribution in [0.25, 0.3) is 0 Å². The van der Waals surface area contributed by atoms with Gasteiger partial charge in [-0.3, -0.25) is 9.69 Å². The van der Waals surface area contributed by atoms with E-state index in [4.69, 9.17) is 0 Å². The molecule has 2 aliphatic rings.